The van der Waals surface area contributed by atoms with Crippen molar-refractivity contribution in [1.82, 2.24) is 0 Å². The van der Waals surface area contributed by atoms with Crippen molar-refractivity contribution in [3.8, 4) is 0 Å². The molecule has 0 aromatic heterocycles. The van der Waals surface area contributed by atoms with E-state index in [-0.39, 0.29) is 31.8 Å². The molecule has 2 rings (SSSR count). The van der Waals surface area contributed by atoms with Crippen LogP contribution in [0.2, 0.25) is 36.3 Å². The van der Waals surface area contributed by atoms with Crippen molar-refractivity contribution in [2.45, 2.75) is 126 Å². The van der Waals surface area contributed by atoms with Crippen LogP contribution < -0.4 is 0 Å². The highest BCUT2D eigenvalue weighted by molar-refractivity contribution is 8.02. The minimum absolute atomic E-state index is 0.0267. The van der Waals surface area contributed by atoms with Crippen molar-refractivity contribution in [2.75, 3.05) is 0 Å². The third-order valence-electron chi connectivity index (χ3n) is 8.53. The predicted molar refractivity (Wildman–Crippen MR) is 182 cm³/mol. The maximum Gasteiger partial charge on any atom is 0.192 e. The largest absolute Gasteiger partial charge is 0.411 e. The highest BCUT2D eigenvalue weighted by atomic mass is 35.5. The molecule has 0 N–H and O–H groups in total. The smallest absolute Gasteiger partial charge is 0.192 e. The highest BCUT2D eigenvalue weighted by Crippen LogP contribution is 2.49. The molecule has 0 saturated heterocycles. The molecule has 4 unspecified atom stereocenters. The minimum atomic E-state index is -1.88. The van der Waals surface area contributed by atoms with E-state index in [9.17, 15) is 0 Å². The van der Waals surface area contributed by atoms with Gasteiger partial charge in [-0.2, -0.15) is 0 Å². The number of hydrogen-bond acceptors (Lipinski definition) is 3. The average Bonchev–Trinajstić information content (AvgIpc) is 2.78. The molecular weight excluding hydrogens is 575 g/mol. The van der Waals surface area contributed by atoms with Crippen molar-refractivity contribution in [3.05, 3.63) is 70.8 Å². The number of halogens is 2. The van der Waals surface area contributed by atoms with Gasteiger partial charge in [-0.3, -0.25) is 0 Å². The van der Waals surface area contributed by atoms with Gasteiger partial charge in [0.05, 0.1) is 21.7 Å². The fourth-order valence-electron chi connectivity index (χ4n) is 4.01. The van der Waals surface area contributed by atoms with Gasteiger partial charge in [0, 0.05) is 10.1 Å². The van der Waals surface area contributed by atoms with E-state index in [4.69, 9.17) is 32.1 Å². The summed E-state index contributed by atoms with van der Waals surface area (Å²) in [6.07, 6.45) is 23.6. The maximum atomic E-state index is 6.65. The Morgan fingerprint density at radius 3 is 1.33 bits per heavy atom. The fourth-order valence-corrected chi connectivity index (χ4v) is 8.62. The Balaban J connectivity index is 2.37. The number of hydrogen-bond donors (Lipinski definition) is 0. The summed E-state index contributed by atoms with van der Waals surface area (Å²) in [5, 5.41) is 1.90. The molecule has 220 valence electrons. The van der Waals surface area contributed by atoms with Gasteiger partial charge in [0.2, 0.25) is 0 Å². The van der Waals surface area contributed by atoms with E-state index in [1.165, 1.54) is 0 Å². The third-order valence-corrected chi connectivity index (χ3v) is 19.9. The summed E-state index contributed by atoms with van der Waals surface area (Å²) in [6.45, 7) is 27.2. The van der Waals surface area contributed by atoms with E-state index in [0.717, 1.165) is 22.9 Å². The first kappa shape index (κ1) is 34.9. The lowest BCUT2D eigenvalue weighted by Gasteiger charge is -2.40. The molecule has 7 heteroatoms. The van der Waals surface area contributed by atoms with Crippen LogP contribution in [0.1, 0.15) is 68.2 Å². The average molecular weight is 628 g/mol. The molecule has 0 heterocycles. The zero-order valence-corrected chi connectivity index (χ0v) is 30.7. The van der Waals surface area contributed by atoms with E-state index >= 15 is 0 Å². The first-order valence-electron chi connectivity index (χ1n) is 14.2. The van der Waals surface area contributed by atoms with E-state index in [2.05, 4.69) is 130 Å². The van der Waals surface area contributed by atoms with Gasteiger partial charge in [-0.05, 0) is 75.1 Å². The Morgan fingerprint density at radius 1 is 0.744 bits per heavy atom. The summed E-state index contributed by atoms with van der Waals surface area (Å²) in [7, 11) is -3.76. The zero-order valence-electron chi connectivity index (χ0n) is 26.3. The lowest BCUT2D eigenvalue weighted by atomic mass is 9.97. The van der Waals surface area contributed by atoms with E-state index < -0.39 is 16.6 Å². The molecule has 0 radical (unpaired) electrons. The van der Waals surface area contributed by atoms with Crippen LogP contribution in [0.3, 0.4) is 0 Å². The van der Waals surface area contributed by atoms with Gasteiger partial charge >= 0.3 is 0 Å². The molecule has 0 saturated carbocycles. The predicted octanol–water partition coefficient (Wildman–Crippen LogP) is 11.3. The topological polar surface area (TPSA) is 18.5 Å². The second kappa shape index (κ2) is 12.9. The van der Waals surface area contributed by atoms with Crippen LogP contribution in [0.25, 0.3) is 0 Å². The minimum Gasteiger partial charge on any atom is -0.411 e. The maximum absolute atomic E-state index is 6.65. The molecule has 0 aromatic carbocycles. The molecule has 39 heavy (non-hydrogen) atoms. The van der Waals surface area contributed by atoms with Crippen LogP contribution >= 0.6 is 35.0 Å². The Kier molecular flexibility index (Phi) is 11.6. The quantitative estimate of drug-likeness (QED) is 0.177. The monoisotopic (exact) mass is 626 g/mol. The van der Waals surface area contributed by atoms with Crippen LogP contribution in [0.5, 0.6) is 0 Å². The summed E-state index contributed by atoms with van der Waals surface area (Å²) in [5.74, 6) is 0. The van der Waals surface area contributed by atoms with Gasteiger partial charge in [-0.15, -0.1) is 11.8 Å². The molecule has 2 aliphatic rings. The van der Waals surface area contributed by atoms with Gasteiger partial charge < -0.3 is 8.85 Å². The fraction of sp³-hybridized carbons (Fsp3) is 0.625. The summed E-state index contributed by atoms with van der Waals surface area (Å²) < 4.78 is 12.8. The Bertz CT molecular complexity index is 961. The van der Waals surface area contributed by atoms with Gasteiger partial charge in [-0.1, -0.05) is 113 Å². The van der Waals surface area contributed by atoms with E-state index in [1.807, 2.05) is 23.9 Å². The SMILES string of the molecule is CC(/C=C\C1(SC2(/C=C\C(C)O[Si](C)(C)C(C)(C)C)C=CC(Cl)=CC2)C=CC(Cl)=CC1)O[Si](C)(C)C(C)(C)C. The van der Waals surface area contributed by atoms with Gasteiger partial charge in [-0.25, -0.2) is 0 Å². The van der Waals surface area contributed by atoms with Gasteiger partial charge in [0.1, 0.15) is 0 Å². The summed E-state index contributed by atoms with van der Waals surface area (Å²) in [5.41, 5.74) is 0. The molecular formula is C32H52Cl2O2SSi2. The molecule has 2 aliphatic carbocycles. The van der Waals surface area contributed by atoms with E-state index in [0.29, 0.717) is 0 Å². The lowest BCUT2D eigenvalue weighted by Crippen LogP contribution is -2.43. The first-order chi connectivity index (χ1) is 17.6. The highest BCUT2D eigenvalue weighted by Gasteiger charge is 2.41. The normalized spacial score (nSPS) is 26.7. The molecule has 0 fully saturated rings. The van der Waals surface area contributed by atoms with Crippen molar-refractivity contribution in [3.63, 3.8) is 0 Å². The second-order valence-electron chi connectivity index (χ2n) is 14.1. The summed E-state index contributed by atoms with van der Waals surface area (Å²) >= 11 is 14.7. The Hall–Kier alpha value is -0.276. The third kappa shape index (κ3) is 9.90. The molecule has 0 aliphatic heterocycles. The lowest BCUT2D eigenvalue weighted by molar-refractivity contribution is 0.242. The van der Waals surface area contributed by atoms with Crippen LogP contribution in [-0.2, 0) is 8.85 Å². The Labute approximate surface area is 256 Å². The molecule has 0 amide bonds. The molecule has 0 spiro atoms. The number of thioether (sulfide) groups is 1. The van der Waals surface area contributed by atoms with Gasteiger partial charge in [0.15, 0.2) is 16.6 Å². The van der Waals surface area contributed by atoms with Crippen LogP contribution in [0.4, 0.5) is 0 Å². The Morgan fingerprint density at radius 2 is 1.08 bits per heavy atom. The standard InChI is InChI=1S/C32H52Cl2O2SSi2/c1-25(35-38(9,10)29(3,4)5)13-19-31(21-15-27(33)16-22-31)37-32(23-17-28(34)18-24-32)20-14-26(2)36-39(11,12)30(6,7)8/h13-21,23,25-26H,22,24H2,1-12H3/b19-13-,20-14-. The number of allylic oxidation sites excluding steroid dienone is 6. The zero-order chi connectivity index (χ0) is 29.9. The van der Waals surface area contributed by atoms with Crippen molar-refractivity contribution in [1.29, 1.82) is 0 Å². The van der Waals surface area contributed by atoms with Crippen LogP contribution in [0.15, 0.2) is 70.8 Å². The molecule has 4 atom stereocenters. The van der Waals surface area contributed by atoms with Crippen molar-refractivity contribution >= 4 is 51.6 Å². The van der Waals surface area contributed by atoms with Crippen LogP contribution in [-0.4, -0.2) is 38.3 Å². The van der Waals surface area contributed by atoms with Crippen molar-refractivity contribution in [2.24, 2.45) is 0 Å². The number of rotatable bonds is 10. The molecule has 0 bridgehead atoms. The summed E-state index contributed by atoms with van der Waals surface area (Å²) in [4.78, 5) is 0. The molecule has 0 aromatic rings. The van der Waals surface area contributed by atoms with E-state index in [1.54, 1.807) is 0 Å². The van der Waals surface area contributed by atoms with Gasteiger partial charge in [0.25, 0.3) is 0 Å². The van der Waals surface area contributed by atoms with Crippen LogP contribution in [0, 0.1) is 0 Å². The van der Waals surface area contributed by atoms with Crippen molar-refractivity contribution < 1.29 is 8.85 Å². The first-order valence-corrected chi connectivity index (χ1v) is 21.5. The second-order valence-corrected chi connectivity index (χ2v) is 26.3. The summed E-state index contributed by atoms with van der Waals surface area (Å²) in [6, 6.07) is 0. The molecule has 2 nitrogen and oxygen atoms in total.